The second-order valence-corrected chi connectivity index (χ2v) is 3.03. The van der Waals surface area contributed by atoms with Crippen molar-refractivity contribution in [3.8, 4) is 0 Å². The average Bonchev–Trinajstić information content (AvgIpc) is 2.08. The summed E-state index contributed by atoms with van der Waals surface area (Å²) in [6.07, 6.45) is 0. The molecule has 0 radical (unpaired) electrons. The molecule has 13 heavy (non-hydrogen) atoms. The van der Waals surface area contributed by atoms with E-state index in [0.29, 0.717) is 0 Å². The first kappa shape index (κ1) is 9.85. The molecule has 1 aromatic rings. The fourth-order valence-corrected chi connectivity index (χ4v) is 1.24. The summed E-state index contributed by atoms with van der Waals surface area (Å²) in [5.74, 6) is -3.40. The number of halogens is 2. The summed E-state index contributed by atoms with van der Waals surface area (Å²) in [6, 6.07) is 3.64. The van der Waals surface area contributed by atoms with Crippen LogP contribution in [-0.2, 0) is 4.79 Å². The molecule has 0 aliphatic carbocycles. The van der Waals surface area contributed by atoms with E-state index in [1.165, 1.54) is 12.1 Å². The van der Waals surface area contributed by atoms with Crippen molar-refractivity contribution in [3.05, 3.63) is 34.1 Å². The standard InChI is InChI=1S/C8H4BrFO3/c9-6-4(7(11)8(12)13)2-1-3-5(6)10/h1-3H,(H,12,13). The fourth-order valence-electron chi connectivity index (χ4n) is 0.794. The molecule has 0 fully saturated rings. The Morgan fingerprint density at radius 2 is 2.00 bits per heavy atom. The third-order valence-corrected chi connectivity index (χ3v) is 2.20. The number of ketones is 1. The van der Waals surface area contributed by atoms with Gasteiger partial charge < -0.3 is 5.11 Å². The van der Waals surface area contributed by atoms with Crippen molar-refractivity contribution in [2.75, 3.05) is 0 Å². The highest BCUT2D eigenvalue weighted by Gasteiger charge is 2.18. The van der Waals surface area contributed by atoms with Crippen LogP contribution in [0.4, 0.5) is 4.39 Å². The number of carboxylic acids is 1. The molecule has 1 N–H and O–H groups in total. The van der Waals surface area contributed by atoms with Gasteiger partial charge in [0.1, 0.15) is 5.82 Å². The predicted octanol–water partition coefficient (Wildman–Crippen LogP) is 1.86. The highest BCUT2D eigenvalue weighted by atomic mass is 79.9. The van der Waals surface area contributed by atoms with Crippen molar-refractivity contribution < 1.29 is 19.1 Å². The van der Waals surface area contributed by atoms with E-state index in [-0.39, 0.29) is 10.0 Å². The smallest absolute Gasteiger partial charge is 0.377 e. The second kappa shape index (κ2) is 3.66. The lowest BCUT2D eigenvalue weighted by atomic mass is 10.1. The molecule has 68 valence electrons. The minimum atomic E-state index is -1.61. The lowest BCUT2D eigenvalue weighted by Gasteiger charge is -1.99. The van der Waals surface area contributed by atoms with Crippen molar-refractivity contribution in [2.45, 2.75) is 0 Å². The number of rotatable bonds is 2. The highest BCUT2D eigenvalue weighted by Crippen LogP contribution is 2.20. The minimum Gasteiger partial charge on any atom is -0.475 e. The summed E-state index contributed by atoms with van der Waals surface area (Å²) in [5.41, 5.74) is -0.187. The van der Waals surface area contributed by atoms with Gasteiger partial charge in [-0.25, -0.2) is 9.18 Å². The number of hydrogen-bond acceptors (Lipinski definition) is 2. The summed E-state index contributed by atoms with van der Waals surface area (Å²) in [5, 5.41) is 8.36. The summed E-state index contributed by atoms with van der Waals surface area (Å²) in [4.78, 5) is 21.2. The van der Waals surface area contributed by atoms with Crippen molar-refractivity contribution in [3.63, 3.8) is 0 Å². The number of benzene rings is 1. The maximum Gasteiger partial charge on any atom is 0.377 e. The molecule has 5 heteroatoms. The van der Waals surface area contributed by atoms with Gasteiger partial charge in [-0.2, -0.15) is 0 Å². The van der Waals surface area contributed by atoms with Crippen LogP contribution in [0.3, 0.4) is 0 Å². The molecule has 0 amide bonds. The lowest BCUT2D eigenvalue weighted by Crippen LogP contribution is -2.13. The van der Waals surface area contributed by atoms with Crippen molar-refractivity contribution in [1.29, 1.82) is 0 Å². The van der Waals surface area contributed by atoms with Crippen LogP contribution in [-0.4, -0.2) is 16.9 Å². The Morgan fingerprint density at radius 3 is 2.54 bits per heavy atom. The maximum atomic E-state index is 12.8. The van der Waals surface area contributed by atoms with Crippen LogP contribution in [0.5, 0.6) is 0 Å². The number of carbonyl (C=O) groups excluding carboxylic acids is 1. The van der Waals surface area contributed by atoms with Gasteiger partial charge in [0.25, 0.3) is 5.78 Å². The van der Waals surface area contributed by atoms with E-state index in [1.54, 1.807) is 0 Å². The molecule has 0 aromatic heterocycles. The quantitative estimate of drug-likeness (QED) is 0.640. The van der Waals surface area contributed by atoms with Crippen LogP contribution in [0.1, 0.15) is 10.4 Å². The first-order valence-corrected chi connectivity index (χ1v) is 4.05. The highest BCUT2D eigenvalue weighted by molar-refractivity contribution is 9.10. The van der Waals surface area contributed by atoms with Gasteiger partial charge in [0.15, 0.2) is 0 Å². The van der Waals surface area contributed by atoms with Crippen molar-refractivity contribution in [2.24, 2.45) is 0 Å². The molecule has 0 aliphatic heterocycles. The number of Topliss-reactive ketones (excluding diaryl/α,β-unsaturated/α-hetero) is 1. The van der Waals surface area contributed by atoms with Crippen molar-refractivity contribution in [1.82, 2.24) is 0 Å². The molecule has 1 aromatic carbocycles. The molecule has 0 bridgehead atoms. The summed E-state index contributed by atoms with van der Waals surface area (Å²) < 4.78 is 12.7. The van der Waals surface area contributed by atoms with Crippen molar-refractivity contribution >= 4 is 27.7 Å². The zero-order chi connectivity index (χ0) is 10.0. The summed E-state index contributed by atoms with van der Waals surface area (Å²) in [7, 11) is 0. The van der Waals surface area contributed by atoms with Crippen LogP contribution >= 0.6 is 15.9 Å². The Balaban J connectivity index is 3.23. The summed E-state index contributed by atoms with van der Waals surface area (Å²) in [6.45, 7) is 0. The Bertz CT molecular complexity index is 376. The normalized spacial score (nSPS) is 9.69. The largest absolute Gasteiger partial charge is 0.475 e. The Hall–Kier alpha value is -1.23. The van der Waals surface area contributed by atoms with E-state index >= 15 is 0 Å². The SMILES string of the molecule is O=C(O)C(=O)c1cccc(F)c1Br. The Morgan fingerprint density at radius 1 is 1.38 bits per heavy atom. The molecule has 3 nitrogen and oxygen atoms in total. The number of carbonyl (C=O) groups is 2. The van der Waals surface area contributed by atoms with Crippen LogP contribution in [0.25, 0.3) is 0 Å². The second-order valence-electron chi connectivity index (χ2n) is 2.24. The zero-order valence-corrected chi connectivity index (χ0v) is 7.84. The van der Waals surface area contributed by atoms with Crippen LogP contribution < -0.4 is 0 Å². The molecular weight excluding hydrogens is 243 g/mol. The third-order valence-electron chi connectivity index (χ3n) is 1.39. The van der Waals surface area contributed by atoms with Gasteiger partial charge in [-0.1, -0.05) is 6.07 Å². The Labute approximate surface area is 81.3 Å². The molecule has 0 unspecified atom stereocenters. The predicted molar refractivity (Wildman–Crippen MR) is 46.1 cm³/mol. The van der Waals surface area contributed by atoms with Crippen LogP contribution in [0.15, 0.2) is 22.7 Å². The molecule has 1 rings (SSSR count). The van der Waals surface area contributed by atoms with E-state index in [4.69, 9.17) is 5.11 Å². The lowest BCUT2D eigenvalue weighted by molar-refractivity contribution is -0.131. The van der Waals surface area contributed by atoms with Gasteiger partial charge in [-0.05, 0) is 28.1 Å². The van der Waals surface area contributed by atoms with Gasteiger partial charge in [-0.3, -0.25) is 4.79 Å². The molecule has 0 saturated heterocycles. The molecule has 0 spiro atoms. The molecular formula is C8H4BrFO3. The van der Waals surface area contributed by atoms with E-state index in [2.05, 4.69) is 15.9 Å². The molecule has 0 aliphatic rings. The van der Waals surface area contributed by atoms with E-state index in [9.17, 15) is 14.0 Å². The third kappa shape index (κ3) is 1.92. The van der Waals surface area contributed by atoms with Gasteiger partial charge in [-0.15, -0.1) is 0 Å². The number of hydrogen-bond donors (Lipinski definition) is 1. The molecule has 0 atom stereocenters. The topological polar surface area (TPSA) is 54.4 Å². The summed E-state index contributed by atoms with van der Waals surface area (Å²) >= 11 is 2.79. The van der Waals surface area contributed by atoms with Gasteiger partial charge in [0.2, 0.25) is 0 Å². The fraction of sp³-hybridized carbons (Fsp3) is 0. The molecule has 0 saturated carbocycles. The zero-order valence-electron chi connectivity index (χ0n) is 6.25. The van der Waals surface area contributed by atoms with E-state index < -0.39 is 17.6 Å². The first-order valence-electron chi connectivity index (χ1n) is 3.25. The van der Waals surface area contributed by atoms with Gasteiger partial charge in [0, 0.05) is 5.56 Å². The molecule has 0 heterocycles. The van der Waals surface area contributed by atoms with Crippen LogP contribution in [0, 0.1) is 5.82 Å². The van der Waals surface area contributed by atoms with Crippen LogP contribution in [0.2, 0.25) is 0 Å². The monoisotopic (exact) mass is 246 g/mol. The van der Waals surface area contributed by atoms with Gasteiger partial charge >= 0.3 is 5.97 Å². The minimum absolute atomic E-state index is 0.123. The first-order chi connectivity index (χ1) is 6.04. The van der Waals surface area contributed by atoms with E-state index in [0.717, 1.165) is 6.07 Å². The average molecular weight is 247 g/mol. The number of aliphatic carboxylic acids is 1. The maximum absolute atomic E-state index is 12.8. The number of carboxylic acid groups (broad SMARTS) is 1. The Kier molecular flexibility index (Phi) is 2.77. The van der Waals surface area contributed by atoms with Gasteiger partial charge in [0.05, 0.1) is 4.47 Å². The van der Waals surface area contributed by atoms with E-state index in [1.807, 2.05) is 0 Å².